The molecule has 0 saturated carbocycles. The molecule has 0 aromatic carbocycles. The average Bonchev–Trinajstić information content (AvgIpc) is 2.16. The molecule has 0 aliphatic rings. The quantitative estimate of drug-likeness (QED) is 0.791. The van der Waals surface area contributed by atoms with Crippen molar-refractivity contribution < 1.29 is 23.8 Å². The molecule has 1 aromatic heterocycles. The summed E-state index contributed by atoms with van der Waals surface area (Å²) in [6.45, 7) is 0. The highest BCUT2D eigenvalue weighted by atomic mass is 35.5. The van der Waals surface area contributed by atoms with E-state index in [9.17, 15) is 18.7 Å². The Morgan fingerprint density at radius 3 is 2.60 bits per heavy atom. The van der Waals surface area contributed by atoms with E-state index in [1.165, 1.54) is 0 Å². The molecule has 0 aliphatic carbocycles. The first-order valence-corrected chi connectivity index (χ1v) is 4.30. The number of carboxylic acid groups (broad SMARTS) is 1. The Morgan fingerprint density at radius 1 is 1.60 bits per heavy atom. The van der Waals surface area contributed by atoms with Crippen LogP contribution in [0.4, 0.5) is 8.78 Å². The van der Waals surface area contributed by atoms with Crippen LogP contribution < -0.4 is 0 Å². The summed E-state index contributed by atoms with van der Waals surface area (Å²) in [5.41, 5.74) is -1.82. The van der Waals surface area contributed by atoms with Gasteiger partial charge in [-0.15, -0.1) is 11.6 Å². The van der Waals surface area contributed by atoms with Gasteiger partial charge >= 0.3 is 5.97 Å². The maximum Gasteiger partial charge on any atom is 0.340 e. The Kier molecular flexibility index (Phi) is 3.41. The van der Waals surface area contributed by atoms with Crippen LogP contribution in [0, 0.1) is 0 Å². The first kappa shape index (κ1) is 11.6. The zero-order valence-electron chi connectivity index (χ0n) is 7.25. The maximum atomic E-state index is 12.4. The van der Waals surface area contributed by atoms with Crippen LogP contribution in [0.15, 0.2) is 6.20 Å². The minimum atomic E-state index is -3.01. The Labute approximate surface area is 88.1 Å². The first-order chi connectivity index (χ1) is 6.99. The third-order valence-corrected chi connectivity index (χ3v) is 1.99. The maximum absolute atomic E-state index is 12.4. The minimum Gasteiger partial charge on any atom is -0.505 e. The highest BCUT2D eigenvalue weighted by molar-refractivity contribution is 6.17. The molecule has 0 saturated heterocycles. The summed E-state index contributed by atoms with van der Waals surface area (Å²) in [6.07, 6.45) is -2.31. The lowest BCUT2D eigenvalue weighted by Crippen LogP contribution is -2.06. The second-order valence-electron chi connectivity index (χ2n) is 2.62. The lowest BCUT2D eigenvalue weighted by molar-refractivity contribution is 0.0680. The number of carboxylic acids is 1. The summed E-state index contributed by atoms with van der Waals surface area (Å²) in [6, 6.07) is 0. The second-order valence-corrected chi connectivity index (χ2v) is 2.89. The van der Waals surface area contributed by atoms with E-state index in [2.05, 4.69) is 4.98 Å². The number of hydrogen-bond donors (Lipinski definition) is 2. The molecule has 0 unspecified atom stereocenters. The van der Waals surface area contributed by atoms with Gasteiger partial charge in [-0.3, -0.25) is 4.98 Å². The van der Waals surface area contributed by atoms with E-state index in [-0.39, 0.29) is 11.6 Å². The monoisotopic (exact) mass is 237 g/mol. The zero-order valence-corrected chi connectivity index (χ0v) is 8.00. The summed E-state index contributed by atoms with van der Waals surface area (Å²) in [7, 11) is 0. The number of halogens is 3. The van der Waals surface area contributed by atoms with Gasteiger partial charge in [0.05, 0.1) is 17.1 Å². The van der Waals surface area contributed by atoms with Crippen LogP contribution >= 0.6 is 11.6 Å². The smallest absolute Gasteiger partial charge is 0.340 e. The van der Waals surface area contributed by atoms with E-state index in [0.29, 0.717) is 6.20 Å². The second kappa shape index (κ2) is 4.39. The van der Waals surface area contributed by atoms with Gasteiger partial charge in [-0.05, 0) is 0 Å². The Morgan fingerprint density at radius 2 is 2.20 bits per heavy atom. The number of rotatable bonds is 3. The lowest BCUT2D eigenvalue weighted by Gasteiger charge is -2.08. The molecule has 0 atom stereocenters. The molecule has 7 heteroatoms. The molecule has 15 heavy (non-hydrogen) atoms. The Balaban J connectivity index is 3.44. The highest BCUT2D eigenvalue weighted by Gasteiger charge is 2.24. The van der Waals surface area contributed by atoms with Crippen molar-refractivity contribution in [2.45, 2.75) is 12.3 Å². The van der Waals surface area contributed by atoms with Crippen molar-refractivity contribution in [1.29, 1.82) is 0 Å². The number of aromatic hydroxyl groups is 1. The highest BCUT2D eigenvalue weighted by Crippen LogP contribution is 2.31. The summed E-state index contributed by atoms with van der Waals surface area (Å²) in [5.74, 6) is -2.71. The molecule has 1 rings (SSSR count). The van der Waals surface area contributed by atoms with Crippen molar-refractivity contribution in [3.63, 3.8) is 0 Å². The molecule has 82 valence electrons. The van der Waals surface area contributed by atoms with E-state index < -0.39 is 29.3 Å². The third-order valence-electron chi connectivity index (χ3n) is 1.73. The minimum absolute atomic E-state index is 0.140. The van der Waals surface area contributed by atoms with Crippen molar-refractivity contribution in [2.24, 2.45) is 0 Å². The van der Waals surface area contributed by atoms with E-state index in [1.807, 2.05) is 0 Å². The van der Waals surface area contributed by atoms with Crippen LogP contribution in [-0.2, 0) is 5.88 Å². The number of alkyl halides is 3. The lowest BCUT2D eigenvalue weighted by atomic mass is 10.1. The van der Waals surface area contributed by atoms with Crippen molar-refractivity contribution in [3.8, 4) is 5.75 Å². The predicted octanol–water partition coefficient (Wildman–Crippen LogP) is 2.16. The molecular formula is C8H6ClF2NO3. The molecule has 0 aliphatic heterocycles. The number of pyridine rings is 1. The SMILES string of the molecule is O=C(O)c1c(C(F)F)cnc(CCl)c1O. The molecule has 0 fully saturated rings. The number of aromatic nitrogens is 1. The van der Waals surface area contributed by atoms with E-state index in [4.69, 9.17) is 16.7 Å². The Hall–Kier alpha value is -1.43. The summed E-state index contributed by atoms with van der Waals surface area (Å²) >= 11 is 5.34. The number of nitrogens with zero attached hydrogens (tertiary/aromatic N) is 1. The largest absolute Gasteiger partial charge is 0.505 e. The fraction of sp³-hybridized carbons (Fsp3) is 0.250. The molecule has 0 bridgehead atoms. The summed E-state index contributed by atoms with van der Waals surface area (Å²) < 4.78 is 24.7. The van der Waals surface area contributed by atoms with Gasteiger partial charge in [0.1, 0.15) is 5.56 Å². The fourth-order valence-electron chi connectivity index (χ4n) is 1.04. The van der Waals surface area contributed by atoms with Gasteiger partial charge in [0.25, 0.3) is 6.43 Å². The topological polar surface area (TPSA) is 70.4 Å². The molecule has 0 radical (unpaired) electrons. The van der Waals surface area contributed by atoms with Crippen LogP contribution in [0.1, 0.15) is 28.0 Å². The van der Waals surface area contributed by atoms with Crippen molar-refractivity contribution >= 4 is 17.6 Å². The van der Waals surface area contributed by atoms with Crippen molar-refractivity contribution in [3.05, 3.63) is 23.0 Å². The molecule has 1 aromatic rings. The van der Waals surface area contributed by atoms with Crippen LogP contribution in [0.25, 0.3) is 0 Å². The third kappa shape index (κ3) is 2.15. The van der Waals surface area contributed by atoms with Gasteiger partial charge < -0.3 is 10.2 Å². The van der Waals surface area contributed by atoms with Crippen LogP contribution in [0.5, 0.6) is 5.75 Å². The number of carbonyl (C=O) groups is 1. The van der Waals surface area contributed by atoms with Gasteiger partial charge in [0, 0.05) is 6.20 Å². The van der Waals surface area contributed by atoms with Gasteiger partial charge in [-0.25, -0.2) is 13.6 Å². The molecule has 2 N–H and O–H groups in total. The molecular weight excluding hydrogens is 232 g/mol. The van der Waals surface area contributed by atoms with Gasteiger partial charge in [-0.1, -0.05) is 0 Å². The van der Waals surface area contributed by atoms with Crippen molar-refractivity contribution in [1.82, 2.24) is 4.98 Å². The molecule has 1 heterocycles. The van der Waals surface area contributed by atoms with Crippen LogP contribution in [0.3, 0.4) is 0 Å². The van der Waals surface area contributed by atoms with Gasteiger partial charge in [0.15, 0.2) is 5.75 Å². The van der Waals surface area contributed by atoms with Crippen LogP contribution in [-0.4, -0.2) is 21.2 Å². The number of aromatic carboxylic acids is 1. The first-order valence-electron chi connectivity index (χ1n) is 3.77. The molecule has 0 spiro atoms. The zero-order chi connectivity index (χ0) is 11.6. The van der Waals surface area contributed by atoms with Crippen molar-refractivity contribution in [2.75, 3.05) is 0 Å². The van der Waals surface area contributed by atoms with Gasteiger partial charge in [-0.2, -0.15) is 0 Å². The van der Waals surface area contributed by atoms with E-state index in [0.717, 1.165) is 0 Å². The van der Waals surface area contributed by atoms with Gasteiger partial charge in [0.2, 0.25) is 0 Å². The molecule has 0 amide bonds. The number of hydrogen-bond acceptors (Lipinski definition) is 3. The normalized spacial score (nSPS) is 10.7. The van der Waals surface area contributed by atoms with E-state index in [1.54, 1.807) is 0 Å². The molecule has 4 nitrogen and oxygen atoms in total. The standard InChI is InChI=1S/C8H6ClF2NO3/c9-1-4-6(13)5(8(14)15)3(2-12-4)7(10)11/h2,7,13H,1H2,(H,14,15). The predicted molar refractivity (Wildman–Crippen MR) is 47.4 cm³/mol. The summed E-state index contributed by atoms with van der Waals surface area (Å²) in [5, 5.41) is 18.0. The average molecular weight is 238 g/mol. The van der Waals surface area contributed by atoms with Crippen LogP contribution in [0.2, 0.25) is 0 Å². The van der Waals surface area contributed by atoms with E-state index >= 15 is 0 Å². The fourth-order valence-corrected chi connectivity index (χ4v) is 1.24. The Bertz CT molecular complexity index is 398. The summed E-state index contributed by atoms with van der Waals surface area (Å²) in [4.78, 5) is 14.1.